The van der Waals surface area contributed by atoms with Gasteiger partial charge in [0.1, 0.15) is 23.4 Å². The molecule has 3 saturated heterocycles. The molecule has 0 aromatic carbocycles. The fraction of sp³-hybridized carbons (Fsp3) is 0.724. The average Bonchev–Trinajstić information content (AvgIpc) is 3.53. The van der Waals surface area contributed by atoms with E-state index in [2.05, 4.69) is 18.3 Å². The zero-order valence-electron chi connectivity index (χ0n) is 23.6. The highest BCUT2D eigenvalue weighted by Crippen LogP contribution is 2.46. The maximum atomic E-state index is 12.5. The molecule has 1 unspecified atom stereocenters. The summed E-state index contributed by atoms with van der Waals surface area (Å²) in [4.78, 5) is 23.7. The van der Waals surface area contributed by atoms with E-state index in [-0.39, 0.29) is 35.7 Å². The van der Waals surface area contributed by atoms with Gasteiger partial charge in [0, 0.05) is 19.4 Å². The number of allylic oxidation sites excluding steroid dienone is 2. The molecule has 208 valence electrons. The maximum absolute atomic E-state index is 12.5. The second-order valence-corrected chi connectivity index (χ2v) is 12.1. The summed E-state index contributed by atoms with van der Waals surface area (Å²) in [6.07, 6.45) is 10.2. The van der Waals surface area contributed by atoms with Gasteiger partial charge < -0.3 is 29.4 Å². The molecule has 37 heavy (non-hydrogen) atoms. The second-order valence-electron chi connectivity index (χ2n) is 12.1. The number of nitrogens with one attached hydrogen (secondary N) is 1. The van der Waals surface area contributed by atoms with Crippen molar-refractivity contribution in [2.75, 3.05) is 6.61 Å². The highest BCUT2D eigenvalue weighted by molar-refractivity contribution is 5.88. The zero-order valence-corrected chi connectivity index (χ0v) is 23.6. The van der Waals surface area contributed by atoms with Crippen LogP contribution in [0.25, 0.3) is 0 Å². The lowest BCUT2D eigenvalue weighted by molar-refractivity contribution is -0.171. The standard InChI is InChI=1S/C29H45NO7/c1-18(10-12-24-26(33)29(17-34-29)16-28(7,8)37-24)9-11-23-19(2)15-22(20(3)35-23)30-25(32)13-14-27(5,6)36-21(4)31/h9-10,12-14,19-20,22-24,26,33H,11,15-17H2,1-8H3,(H,30,32)/b12-10+,14-13-,18-9+/t19-,20+,22?,23-,24+,26+,29+/m0/s1. The van der Waals surface area contributed by atoms with Crippen LogP contribution in [0.15, 0.2) is 36.0 Å². The Kier molecular flexibility index (Phi) is 9.10. The van der Waals surface area contributed by atoms with Crippen molar-refractivity contribution >= 4 is 11.9 Å². The Morgan fingerprint density at radius 3 is 2.49 bits per heavy atom. The summed E-state index contributed by atoms with van der Waals surface area (Å²) in [5.74, 6) is -0.373. The Labute approximate surface area is 221 Å². The molecule has 8 heteroatoms. The van der Waals surface area contributed by atoms with Gasteiger partial charge in [-0.25, -0.2) is 0 Å². The van der Waals surface area contributed by atoms with E-state index in [4.69, 9.17) is 18.9 Å². The van der Waals surface area contributed by atoms with Crippen LogP contribution in [0, 0.1) is 5.92 Å². The Bertz CT molecular complexity index is 931. The summed E-state index contributed by atoms with van der Waals surface area (Å²) in [6, 6.07) is -0.101. The molecule has 3 rings (SSSR count). The van der Waals surface area contributed by atoms with E-state index in [1.807, 2.05) is 39.8 Å². The molecule has 0 aliphatic carbocycles. The summed E-state index contributed by atoms with van der Waals surface area (Å²) >= 11 is 0. The van der Waals surface area contributed by atoms with E-state index in [9.17, 15) is 14.7 Å². The van der Waals surface area contributed by atoms with Crippen molar-refractivity contribution in [1.82, 2.24) is 5.32 Å². The van der Waals surface area contributed by atoms with Crippen molar-refractivity contribution in [3.8, 4) is 0 Å². The van der Waals surface area contributed by atoms with Gasteiger partial charge in [-0.2, -0.15) is 0 Å². The van der Waals surface area contributed by atoms with Gasteiger partial charge in [0.15, 0.2) is 0 Å². The highest BCUT2D eigenvalue weighted by Gasteiger charge is 2.60. The van der Waals surface area contributed by atoms with Gasteiger partial charge in [-0.1, -0.05) is 30.7 Å². The summed E-state index contributed by atoms with van der Waals surface area (Å²) in [6.45, 7) is 15.6. The first-order valence-corrected chi connectivity index (χ1v) is 13.3. The molecular weight excluding hydrogens is 474 g/mol. The average molecular weight is 520 g/mol. The molecular formula is C29H45NO7. The normalized spacial score (nSPS) is 36.2. The number of hydrogen-bond donors (Lipinski definition) is 2. The minimum atomic E-state index is -0.848. The number of aliphatic hydroxyl groups excluding tert-OH is 1. The van der Waals surface area contributed by atoms with E-state index >= 15 is 0 Å². The number of amides is 1. The lowest BCUT2D eigenvalue weighted by Gasteiger charge is -2.41. The van der Waals surface area contributed by atoms with E-state index in [0.717, 1.165) is 18.4 Å². The van der Waals surface area contributed by atoms with Crippen molar-refractivity contribution in [2.45, 2.75) is 122 Å². The molecule has 0 bridgehead atoms. The van der Waals surface area contributed by atoms with Crippen LogP contribution in [0.2, 0.25) is 0 Å². The van der Waals surface area contributed by atoms with Crippen LogP contribution in [0.5, 0.6) is 0 Å². The SMILES string of the molecule is CC(=O)OC(C)(C)/C=C\C(=O)NC1C[C@H](C)[C@H](C/C=C(C)/C=C/[C@H]2OC(C)(C)C[C@@]3(CO3)[C@@H]2O)O[C@@H]1C. The van der Waals surface area contributed by atoms with E-state index < -0.39 is 29.4 Å². The number of hydrogen-bond acceptors (Lipinski definition) is 7. The van der Waals surface area contributed by atoms with Gasteiger partial charge in [-0.15, -0.1) is 0 Å². The molecule has 0 aromatic heterocycles. The first-order valence-electron chi connectivity index (χ1n) is 13.3. The van der Waals surface area contributed by atoms with Crippen molar-refractivity contribution in [1.29, 1.82) is 0 Å². The Hall–Kier alpha value is -2.00. The highest BCUT2D eigenvalue weighted by atomic mass is 16.6. The Balaban J connectivity index is 1.50. The van der Waals surface area contributed by atoms with Crippen LogP contribution in [-0.2, 0) is 28.5 Å². The number of carbonyl (C=O) groups is 2. The minimum absolute atomic E-state index is 0.0449. The predicted molar refractivity (Wildman–Crippen MR) is 141 cm³/mol. The van der Waals surface area contributed by atoms with Crippen LogP contribution in [0.3, 0.4) is 0 Å². The van der Waals surface area contributed by atoms with Gasteiger partial charge in [0.2, 0.25) is 5.91 Å². The molecule has 0 saturated carbocycles. The first-order chi connectivity index (χ1) is 17.1. The summed E-state index contributed by atoms with van der Waals surface area (Å²) < 4.78 is 23.2. The van der Waals surface area contributed by atoms with Gasteiger partial charge >= 0.3 is 5.97 Å². The topological polar surface area (TPSA) is 107 Å². The summed E-state index contributed by atoms with van der Waals surface area (Å²) in [5, 5.41) is 13.7. The molecule has 1 spiro atoms. The molecule has 3 fully saturated rings. The molecule has 2 N–H and O–H groups in total. The lowest BCUT2D eigenvalue weighted by atomic mass is 9.83. The fourth-order valence-corrected chi connectivity index (χ4v) is 5.35. The Morgan fingerprint density at radius 2 is 1.86 bits per heavy atom. The second kappa shape index (κ2) is 11.4. The van der Waals surface area contributed by atoms with Gasteiger partial charge in [0.25, 0.3) is 0 Å². The third-order valence-corrected chi connectivity index (χ3v) is 7.35. The number of esters is 1. The van der Waals surface area contributed by atoms with Crippen molar-refractivity contribution < 1.29 is 33.6 Å². The molecule has 8 nitrogen and oxygen atoms in total. The predicted octanol–water partition coefficient (Wildman–Crippen LogP) is 3.77. The van der Waals surface area contributed by atoms with Crippen LogP contribution in [-0.4, -0.2) is 70.9 Å². The van der Waals surface area contributed by atoms with Crippen LogP contribution < -0.4 is 5.32 Å². The van der Waals surface area contributed by atoms with E-state index in [1.54, 1.807) is 19.9 Å². The largest absolute Gasteiger partial charge is 0.456 e. The molecule has 0 aromatic rings. The monoisotopic (exact) mass is 519 g/mol. The van der Waals surface area contributed by atoms with Gasteiger partial charge in [-0.05, 0) is 66.4 Å². The van der Waals surface area contributed by atoms with Gasteiger partial charge in [0.05, 0.1) is 30.5 Å². The van der Waals surface area contributed by atoms with Crippen LogP contribution in [0.1, 0.15) is 74.7 Å². The van der Waals surface area contributed by atoms with Crippen molar-refractivity contribution in [2.24, 2.45) is 5.92 Å². The van der Waals surface area contributed by atoms with E-state index in [1.165, 1.54) is 13.0 Å². The minimum Gasteiger partial charge on any atom is -0.456 e. The number of carbonyl (C=O) groups excluding carboxylic acids is 2. The number of aliphatic hydroxyl groups is 1. The number of rotatable bonds is 8. The number of epoxide rings is 1. The third-order valence-electron chi connectivity index (χ3n) is 7.35. The number of ether oxygens (including phenoxy) is 4. The first kappa shape index (κ1) is 29.6. The third kappa shape index (κ3) is 8.24. The maximum Gasteiger partial charge on any atom is 0.303 e. The van der Waals surface area contributed by atoms with Crippen molar-refractivity contribution in [3.05, 3.63) is 36.0 Å². The smallest absolute Gasteiger partial charge is 0.303 e. The molecule has 0 radical (unpaired) electrons. The van der Waals surface area contributed by atoms with Gasteiger partial charge in [-0.3, -0.25) is 9.59 Å². The zero-order chi connectivity index (χ0) is 27.6. The molecule has 3 aliphatic rings. The molecule has 3 aliphatic heterocycles. The summed E-state index contributed by atoms with van der Waals surface area (Å²) in [7, 11) is 0. The van der Waals surface area contributed by atoms with Crippen LogP contribution >= 0.6 is 0 Å². The lowest BCUT2D eigenvalue weighted by Crippen LogP contribution is -2.53. The fourth-order valence-electron chi connectivity index (χ4n) is 5.35. The summed E-state index contributed by atoms with van der Waals surface area (Å²) in [5.41, 5.74) is -0.580. The molecule has 7 atom stereocenters. The quantitative estimate of drug-likeness (QED) is 0.218. The Morgan fingerprint density at radius 1 is 1.19 bits per heavy atom. The van der Waals surface area contributed by atoms with Crippen molar-refractivity contribution in [3.63, 3.8) is 0 Å². The molecule has 3 heterocycles. The van der Waals surface area contributed by atoms with E-state index in [0.29, 0.717) is 13.0 Å². The molecule has 1 amide bonds. The van der Waals surface area contributed by atoms with Crippen LogP contribution in [0.4, 0.5) is 0 Å².